The average molecular weight is 313 g/mol. The Morgan fingerprint density at radius 2 is 1.76 bits per heavy atom. The third kappa shape index (κ3) is 6.87. The number of rotatable bonds is 8. The van der Waals surface area contributed by atoms with Crippen LogP contribution in [0.3, 0.4) is 0 Å². The van der Waals surface area contributed by atoms with E-state index < -0.39 is 16.0 Å². The van der Waals surface area contributed by atoms with Crippen molar-refractivity contribution in [3.63, 3.8) is 0 Å². The van der Waals surface area contributed by atoms with Crippen molar-refractivity contribution < 1.29 is 23.4 Å². The zero-order valence-electron chi connectivity index (χ0n) is 11.4. The first kappa shape index (κ1) is 17.1. The van der Waals surface area contributed by atoms with E-state index in [-0.39, 0.29) is 30.2 Å². The van der Waals surface area contributed by atoms with E-state index in [0.717, 1.165) is 0 Å². The van der Waals surface area contributed by atoms with Crippen LogP contribution < -0.4 is 10.2 Å². The lowest BCUT2D eigenvalue weighted by molar-refractivity contribution is -0.219. The smallest absolute Gasteiger partial charge is 0.303 e. The molecule has 0 aromatic heterocycles. The molecule has 0 bridgehead atoms. The van der Waals surface area contributed by atoms with Crippen molar-refractivity contribution in [1.29, 1.82) is 0 Å². The predicted octanol–water partition coefficient (Wildman–Crippen LogP) is 0.238. The van der Waals surface area contributed by atoms with Crippen molar-refractivity contribution in [1.82, 2.24) is 0 Å². The van der Waals surface area contributed by atoms with Gasteiger partial charge in [-0.05, 0) is 42.9 Å². The molecule has 0 heterocycles. The lowest BCUT2D eigenvalue weighted by atomic mass is 10.2. The van der Waals surface area contributed by atoms with Crippen molar-refractivity contribution in [3.05, 3.63) is 29.8 Å². The number of nitrogens with zero attached hydrogens (tertiary/aromatic N) is 1. The van der Waals surface area contributed by atoms with Crippen LogP contribution in [0, 0.1) is 0 Å². The Morgan fingerprint density at radius 3 is 2.29 bits per heavy atom. The first-order chi connectivity index (χ1) is 9.79. The van der Waals surface area contributed by atoms with Gasteiger partial charge < -0.3 is 15.2 Å². The van der Waals surface area contributed by atoms with E-state index in [9.17, 15) is 18.3 Å². The molecule has 0 aliphatic carbocycles. The Labute approximate surface area is 123 Å². The van der Waals surface area contributed by atoms with Crippen molar-refractivity contribution in [2.45, 2.75) is 37.1 Å². The Bertz CT molecular complexity index is 608. The summed E-state index contributed by atoms with van der Waals surface area (Å²) in [5.74, 6) is -1.18. The Balaban J connectivity index is 2.46. The lowest BCUT2D eigenvalue weighted by Gasteiger charge is -2.10. The second kappa shape index (κ2) is 7.75. The number of carboxylic acids is 1. The number of carboxylic acid groups (broad SMARTS) is 1. The molecule has 7 nitrogen and oxygen atoms in total. The van der Waals surface area contributed by atoms with Gasteiger partial charge in [0.2, 0.25) is 10.0 Å². The zero-order valence-corrected chi connectivity index (χ0v) is 12.2. The predicted molar refractivity (Wildman–Crippen MR) is 75.1 cm³/mol. The third-order valence-electron chi connectivity index (χ3n) is 2.72. The van der Waals surface area contributed by atoms with Gasteiger partial charge in [-0.2, -0.15) is 0 Å². The molecule has 0 unspecified atom stereocenters. The molecule has 0 radical (unpaired) electrons. The number of nitrogens with two attached hydrogens (primary N) is 1. The maximum atomic E-state index is 11.5. The summed E-state index contributed by atoms with van der Waals surface area (Å²) in [6, 6.07) is 5.80. The molecule has 1 aromatic rings. The summed E-state index contributed by atoms with van der Waals surface area (Å²) in [7, 11) is -3.72. The highest BCUT2D eigenvalue weighted by Gasteiger charge is 2.06. The largest absolute Gasteiger partial charge is 0.862 e. The second-order valence-corrected chi connectivity index (χ2v) is 6.06. The summed E-state index contributed by atoms with van der Waals surface area (Å²) in [6.07, 6.45) is 1.18. The van der Waals surface area contributed by atoms with Gasteiger partial charge in [0.25, 0.3) is 0 Å². The van der Waals surface area contributed by atoms with Crippen LogP contribution in [-0.2, 0) is 21.4 Å². The lowest BCUT2D eigenvalue weighted by Crippen LogP contribution is -2.17. The molecule has 21 heavy (non-hydrogen) atoms. The van der Waals surface area contributed by atoms with E-state index >= 15 is 0 Å². The molecular weight excluding hydrogens is 296 g/mol. The Kier molecular flexibility index (Phi) is 6.32. The van der Waals surface area contributed by atoms with Gasteiger partial charge in [-0.25, -0.2) is 13.6 Å². The maximum Gasteiger partial charge on any atom is 0.303 e. The second-order valence-electron chi connectivity index (χ2n) is 4.50. The van der Waals surface area contributed by atoms with Gasteiger partial charge in [-0.15, -0.1) is 0 Å². The van der Waals surface area contributed by atoms with Crippen molar-refractivity contribution in [3.8, 4) is 0 Å². The highest BCUT2D eigenvalue weighted by atomic mass is 32.2. The van der Waals surface area contributed by atoms with E-state index in [4.69, 9.17) is 10.2 Å². The summed E-state index contributed by atoms with van der Waals surface area (Å²) in [4.78, 5) is 14.1. The minimum absolute atomic E-state index is 0.00578. The van der Waals surface area contributed by atoms with E-state index in [0.29, 0.717) is 18.4 Å². The normalized spacial score (nSPS) is 12.3. The molecule has 0 spiro atoms. The number of hydrogen-bond donors (Lipinski definition) is 2. The van der Waals surface area contributed by atoms with Crippen LogP contribution in [0.2, 0.25) is 0 Å². The quantitative estimate of drug-likeness (QED) is 0.403. The van der Waals surface area contributed by atoms with Gasteiger partial charge in [0.15, 0.2) is 0 Å². The fourth-order valence-corrected chi connectivity index (χ4v) is 2.11. The van der Waals surface area contributed by atoms with Crippen LogP contribution in [0.25, 0.3) is 0 Å². The maximum absolute atomic E-state index is 11.5. The molecule has 0 atom stereocenters. The molecule has 1 rings (SSSR count). The van der Waals surface area contributed by atoms with Crippen LogP contribution in [-0.4, -0.2) is 25.4 Å². The molecule has 0 saturated carbocycles. The average Bonchev–Trinajstić information content (AvgIpc) is 2.40. The molecule has 0 aliphatic heterocycles. The number of carbonyl (C=O) groups is 1. The molecule has 0 saturated heterocycles. The molecule has 8 heteroatoms. The Hall–Kier alpha value is -1.93. The minimum atomic E-state index is -3.72. The number of hydrogen-bond acceptors (Lipinski definition) is 5. The van der Waals surface area contributed by atoms with E-state index in [1.165, 1.54) is 12.1 Å². The van der Waals surface area contributed by atoms with Crippen LogP contribution >= 0.6 is 0 Å². The monoisotopic (exact) mass is 313 g/mol. The van der Waals surface area contributed by atoms with Gasteiger partial charge in [-0.3, -0.25) is 4.79 Å². The topological polar surface area (TPSA) is 133 Å². The van der Waals surface area contributed by atoms with Crippen LogP contribution in [0.15, 0.2) is 34.2 Å². The summed E-state index contributed by atoms with van der Waals surface area (Å²) in [6.45, 7) is 0.155. The van der Waals surface area contributed by atoms with Crippen molar-refractivity contribution >= 4 is 21.9 Å². The standard InChI is InChI=1S/C13H18N2O5S/c14-21(19,20)11-7-5-10(6-8-11)9-15-12(16)3-1-2-4-13(17)18/h5-8H,1-4,9H2,(H,15,16)(H,17,18)(H2,14,19,20)/p-1. The number of primary sulfonamides is 1. The number of unbranched alkanes of at least 4 members (excludes halogenated alkanes) is 1. The first-order valence-corrected chi connectivity index (χ1v) is 7.87. The molecule has 116 valence electrons. The summed E-state index contributed by atoms with van der Waals surface area (Å²) in [5.41, 5.74) is 0.696. The van der Waals surface area contributed by atoms with Gasteiger partial charge >= 0.3 is 5.97 Å². The van der Waals surface area contributed by atoms with Crippen LogP contribution in [0.5, 0.6) is 0 Å². The van der Waals surface area contributed by atoms with Gasteiger partial charge in [0.05, 0.1) is 11.4 Å². The van der Waals surface area contributed by atoms with Crippen LogP contribution in [0.1, 0.15) is 31.2 Å². The molecule has 1 aromatic carbocycles. The van der Waals surface area contributed by atoms with Gasteiger partial charge in [0.1, 0.15) is 0 Å². The molecular formula is C13H17N2O5S-. The highest BCUT2D eigenvalue weighted by molar-refractivity contribution is 7.89. The van der Waals surface area contributed by atoms with Gasteiger partial charge in [0, 0.05) is 6.42 Å². The summed E-state index contributed by atoms with van der Waals surface area (Å²) >= 11 is 0. The zero-order chi connectivity index (χ0) is 15.9. The summed E-state index contributed by atoms with van der Waals surface area (Å²) in [5, 5.41) is 24.9. The third-order valence-corrected chi connectivity index (χ3v) is 3.65. The molecule has 0 aliphatic rings. The van der Waals surface area contributed by atoms with E-state index in [1.807, 2.05) is 0 Å². The van der Waals surface area contributed by atoms with E-state index in [1.54, 1.807) is 12.1 Å². The van der Waals surface area contributed by atoms with Gasteiger partial charge in [-0.1, -0.05) is 12.1 Å². The molecule has 0 amide bonds. The van der Waals surface area contributed by atoms with Crippen molar-refractivity contribution in [2.24, 2.45) is 10.1 Å². The summed E-state index contributed by atoms with van der Waals surface area (Å²) < 4.78 is 22.1. The molecule has 3 N–H and O–H groups in total. The Morgan fingerprint density at radius 1 is 1.19 bits per heavy atom. The van der Waals surface area contributed by atoms with E-state index in [2.05, 4.69) is 4.99 Å². The number of aliphatic carboxylic acids is 1. The van der Waals surface area contributed by atoms with Crippen molar-refractivity contribution in [2.75, 3.05) is 0 Å². The SMILES string of the molecule is NS(=O)(=O)c1ccc(CN=C([O-])CCCCC(=O)O)cc1. The highest BCUT2D eigenvalue weighted by Crippen LogP contribution is 2.10. The fraction of sp³-hybridized carbons (Fsp3) is 0.385. The molecule has 0 fully saturated rings. The fourth-order valence-electron chi connectivity index (χ4n) is 1.60. The number of aliphatic imine (C=N–C) groups is 1. The van der Waals surface area contributed by atoms with Crippen LogP contribution in [0.4, 0.5) is 0 Å². The first-order valence-electron chi connectivity index (χ1n) is 6.33. The number of sulfonamides is 1. The number of benzene rings is 1. The minimum Gasteiger partial charge on any atom is -0.862 e.